The van der Waals surface area contributed by atoms with Crippen LogP contribution in [0.25, 0.3) is 6.08 Å². The van der Waals surface area contributed by atoms with E-state index in [-0.39, 0.29) is 17.9 Å². The SMILES string of the molecule is Cc1ccc(/C=C/C(=O)N2CCC(C(C)O)C2)c(Br)c1. The Morgan fingerprint density at radius 1 is 1.55 bits per heavy atom. The molecule has 1 aliphatic rings. The minimum absolute atomic E-state index is 0.0145. The summed E-state index contributed by atoms with van der Waals surface area (Å²) in [5.74, 6) is 0.221. The standard InChI is InChI=1S/C16H20BrNO2/c1-11-3-4-13(15(17)9-11)5-6-16(20)18-8-7-14(10-18)12(2)19/h3-6,9,12,14,19H,7-8,10H2,1-2H3/b6-5+. The average molecular weight is 338 g/mol. The molecule has 0 bridgehead atoms. The largest absolute Gasteiger partial charge is 0.393 e. The molecule has 1 aliphatic heterocycles. The lowest BCUT2D eigenvalue weighted by Gasteiger charge is -2.15. The number of aliphatic hydroxyl groups excluding tert-OH is 1. The quantitative estimate of drug-likeness (QED) is 0.861. The number of benzene rings is 1. The molecule has 1 fully saturated rings. The third-order valence-electron chi connectivity index (χ3n) is 3.78. The number of amides is 1. The lowest BCUT2D eigenvalue weighted by molar-refractivity contribution is -0.125. The Morgan fingerprint density at radius 3 is 2.90 bits per heavy atom. The Hall–Kier alpha value is -1.13. The van der Waals surface area contributed by atoms with Crippen LogP contribution >= 0.6 is 15.9 Å². The molecule has 0 aliphatic carbocycles. The van der Waals surface area contributed by atoms with Crippen LogP contribution in [-0.2, 0) is 4.79 Å². The summed E-state index contributed by atoms with van der Waals surface area (Å²) in [6.07, 6.45) is 3.98. The first-order valence-corrected chi connectivity index (χ1v) is 7.68. The predicted molar refractivity (Wildman–Crippen MR) is 84.3 cm³/mol. The first-order valence-electron chi connectivity index (χ1n) is 6.88. The van der Waals surface area contributed by atoms with Gasteiger partial charge >= 0.3 is 0 Å². The van der Waals surface area contributed by atoms with E-state index in [9.17, 15) is 9.90 Å². The Morgan fingerprint density at radius 2 is 2.30 bits per heavy atom. The molecular formula is C16H20BrNO2. The Labute approximate surface area is 128 Å². The number of carbonyl (C=O) groups is 1. The van der Waals surface area contributed by atoms with E-state index in [0.29, 0.717) is 6.54 Å². The van der Waals surface area contributed by atoms with E-state index in [2.05, 4.69) is 15.9 Å². The van der Waals surface area contributed by atoms with Gasteiger partial charge < -0.3 is 10.0 Å². The molecule has 2 rings (SSSR count). The summed E-state index contributed by atoms with van der Waals surface area (Å²) in [7, 11) is 0. The summed E-state index contributed by atoms with van der Waals surface area (Å²) < 4.78 is 0.991. The van der Waals surface area contributed by atoms with Crippen LogP contribution < -0.4 is 0 Å². The molecule has 0 saturated carbocycles. The van der Waals surface area contributed by atoms with Gasteiger partial charge in [0.25, 0.3) is 0 Å². The summed E-state index contributed by atoms with van der Waals surface area (Å²) in [4.78, 5) is 13.9. The second kappa shape index (κ2) is 6.55. The molecule has 0 aromatic heterocycles. The molecule has 2 atom stereocenters. The fraction of sp³-hybridized carbons (Fsp3) is 0.438. The normalized spacial score (nSPS) is 20.6. The molecule has 3 nitrogen and oxygen atoms in total. The third kappa shape index (κ3) is 3.70. The lowest BCUT2D eigenvalue weighted by Crippen LogP contribution is -2.28. The summed E-state index contributed by atoms with van der Waals surface area (Å²) in [5.41, 5.74) is 2.18. The van der Waals surface area contributed by atoms with Crippen molar-refractivity contribution >= 4 is 27.9 Å². The van der Waals surface area contributed by atoms with Gasteiger partial charge in [0, 0.05) is 29.6 Å². The molecule has 108 valence electrons. The van der Waals surface area contributed by atoms with Crippen LogP contribution in [0.5, 0.6) is 0 Å². The summed E-state index contributed by atoms with van der Waals surface area (Å²) in [6, 6.07) is 6.05. The molecule has 0 radical (unpaired) electrons. The second-order valence-corrected chi connectivity index (χ2v) is 6.29. The van der Waals surface area contributed by atoms with Crippen LogP contribution in [0, 0.1) is 12.8 Å². The summed E-state index contributed by atoms with van der Waals surface area (Å²) in [5, 5.41) is 9.56. The molecule has 2 unspecified atom stereocenters. The first-order chi connectivity index (χ1) is 9.47. The van der Waals surface area contributed by atoms with Crippen molar-refractivity contribution in [3.05, 3.63) is 39.9 Å². The molecule has 1 N–H and O–H groups in total. The van der Waals surface area contributed by atoms with Crippen LogP contribution in [-0.4, -0.2) is 35.1 Å². The molecule has 1 saturated heterocycles. The highest BCUT2D eigenvalue weighted by atomic mass is 79.9. The van der Waals surface area contributed by atoms with E-state index in [1.807, 2.05) is 31.2 Å². The Bertz CT molecular complexity index is 525. The number of carbonyl (C=O) groups excluding carboxylic acids is 1. The van der Waals surface area contributed by atoms with Crippen molar-refractivity contribution in [1.29, 1.82) is 0 Å². The number of aryl methyl sites for hydroxylation is 1. The Balaban J connectivity index is 1.99. The fourth-order valence-electron chi connectivity index (χ4n) is 2.42. The van der Waals surface area contributed by atoms with Gasteiger partial charge in [0.2, 0.25) is 5.91 Å². The van der Waals surface area contributed by atoms with Crippen molar-refractivity contribution in [2.24, 2.45) is 5.92 Å². The van der Waals surface area contributed by atoms with Crippen molar-refractivity contribution in [3.63, 3.8) is 0 Å². The maximum atomic E-state index is 12.1. The lowest BCUT2D eigenvalue weighted by atomic mass is 10.0. The van der Waals surface area contributed by atoms with Crippen molar-refractivity contribution in [1.82, 2.24) is 4.90 Å². The van der Waals surface area contributed by atoms with E-state index in [1.54, 1.807) is 17.9 Å². The molecule has 1 aromatic rings. The maximum absolute atomic E-state index is 12.1. The maximum Gasteiger partial charge on any atom is 0.246 e. The third-order valence-corrected chi connectivity index (χ3v) is 4.47. The topological polar surface area (TPSA) is 40.5 Å². The molecule has 1 heterocycles. The molecule has 20 heavy (non-hydrogen) atoms. The van der Waals surface area contributed by atoms with Crippen LogP contribution in [0.4, 0.5) is 0 Å². The van der Waals surface area contributed by atoms with Gasteiger partial charge in [-0.1, -0.05) is 28.1 Å². The second-order valence-electron chi connectivity index (χ2n) is 5.43. The predicted octanol–water partition coefficient (Wildman–Crippen LogP) is 3.00. The highest BCUT2D eigenvalue weighted by molar-refractivity contribution is 9.10. The highest BCUT2D eigenvalue weighted by Gasteiger charge is 2.27. The number of hydrogen-bond acceptors (Lipinski definition) is 2. The zero-order valence-corrected chi connectivity index (χ0v) is 13.4. The van der Waals surface area contributed by atoms with E-state index in [1.165, 1.54) is 5.56 Å². The van der Waals surface area contributed by atoms with Crippen LogP contribution in [0.2, 0.25) is 0 Å². The van der Waals surface area contributed by atoms with Crippen LogP contribution in [0.3, 0.4) is 0 Å². The fourth-order valence-corrected chi connectivity index (χ4v) is 3.04. The van der Waals surface area contributed by atoms with E-state index in [4.69, 9.17) is 0 Å². The molecule has 1 amide bonds. The van der Waals surface area contributed by atoms with Crippen LogP contribution in [0.15, 0.2) is 28.7 Å². The monoisotopic (exact) mass is 337 g/mol. The zero-order valence-electron chi connectivity index (χ0n) is 11.8. The van der Waals surface area contributed by atoms with Crippen molar-refractivity contribution in [3.8, 4) is 0 Å². The van der Waals surface area contributed by atoms with Gasteiger partial charge in [-0.15, -0.1) is 0 Å². The van der Waals surface area contributed by atoms with Gasteiger partial charge in [-0.25, -0.2) is 0 Å². The average Bonchev–Trinajstić information content (AvgIpc) is 2.87. The summed E-state index contributed by atoms with van der Waals surface area (Å²) in [6.45, 7) is 5.20. The first kappa shape index (κ1) is 15.3. The smallest absolute Gasteiger partial charge is 0.246 e. The van der Waals surface area contributed by atoms with Gasteiger partial charge in [0.15, 0.2) is 0 Å². The molecular weight excluding hydrogens is 318 g/mol. The number of rotatable bonds is 3. The number of halogens is 1. The van der Waals surface area contributed by atoms with Crippen molar-refractivity contribution < 1.29 is 9.90 Å². The van der Waals surface area contributed by atoms with Crippen LogP contribution in [0.1, 0.15) is 24.5 Å². The Kier molecular flexibility index (Phi) is 5.00. The van der Waals surface area contributed by atoms with E-state index >= 15 is 0 Å². The van der Waals surface area contributed by atoms with Crippen molar-refractivity contribution in [2.75, 3.05) is 13.1 Å². The van der Waals surface area contributed by atoms with Gasteiger partial charge in [0.05, 0.1) is 6.10 Å². The van der Waals surface area contributed by atoms with Gasteiger partial charge in [0.1, 0.15) is 0 Å². The molecule has 4 heteroatoms. The number of nitrogens with zero attached hydrogens (tertiary/aromatic N) is 1. The number of hydrogen-bond donors (Lipinski definition) is 1. The summed E-state index contributed by atoms with van der Waals surface area (Å²) >= 11 is 3.50. The zero-order chi connectivity index (χ0) is 14.7. The van der Waals surface area contributed by atoms with Gasteiger partial charge in [-0.05, 0) is 43.5 Å². The van der Waals surface area contributed by atoms with Gasteiger partial charge in [-0.2, -0.15) is 0 Å². The number of aliphatic hydroxyl groups is 1. The van der Waals surface area contributed by atoms with E-state index in [0.717, 1.165) is 23.0 Å². The minimum atomic E-state index is -0.344. The minimum Gasteiger partial charge on any atom is -0.393 e. The van der Waals surface area contributed by atoms with E-state index < -0.39 is 0 Å². The van der Waals surface area contributed by atoms with Gasteiger partial charge in [-0.3, -0.25) is 4.79 Å². The molecule has 0 spiro atoms. The highest BCUT2D eigenvalue weighted by Crippen LogP contribution is 2.22. The molecule has 1 aromatic carbocycles. The van der Waals surface area contributed by atoms with Crippen molar-refractivity contribution in [2.45, 2.75) is 26.4 Å². The number of likely N-dealkylation sites (tertiary alicyclic amines) is 1.